The molecule has 0 radical (unpaired) electrons. The second kappa shape index (κ2) is 13.1. The highest BCUT2D eigenvalue weighted by Gasteiger charge is 2.37. The molecule has 1 aromatic heterocycles. The molecule has 0 spiro atoms. The van der Waals surface area contributed by atoms with Gasteiger partial charge in [0.15, 0.2) is 5.82 Å². The summed E-state index contributed by atoms with van der Waals surface area (Å²) in [6, 6.07) is 13.8. The van der Waals surface area contributed by atoms with Crippen LogP contribution in [0, 0.1) is 5.82 Å². The number of rotatable bonds is 8. The minimum atomic E-state index is -1.09. The van der Waals surface area contributed by atoms with E-state index in [0.29, 0.717) is 23.7 Å². The lowest BCUT2D eigenvalue weighted by atomic mass is 9.90. The normalized spacial score (nSPS) is 17.7. The maximum absolute atomic E-state index is 15.2. The molecule has 0 bridgehead atoms. The molecule has 2 unspecified atom stereocenters. The van der Waals surface area contributed by atoms with Gasteiger partial charge in [-0.15, -0.1) is 5.10 Å². The summed E-state index contributed by atoms with van der Waals surface area (Å²) in [5.74, 6) is -2.83. The van der Waals surface area contributed by atoms with Crippen molar-refractivity contribution < 1.29 is 23.9 Å². The molecule has 2 atom stereocenters. The summed E-state index contributed by atoms with van der Waals surface area (Å²) in [6.45, 7) is 1.90. The molecule has 0 saturated carbocycles. The van der Waals surface area contributed by atoms with Gasteiger partial charge >= 0.3 is 5.97 Å². The number of benzene rings is 3. The Morgan fingerprint density at radius 2 is 1.87 bits per heavy atom. The number of aromatic carboxylic acids is 1. The number of carbonyl (C=O) groups excluding carboxylic acids is 2. The number of likely N-dealkylation sites (N-methyl/N-ethyl adjacent to an activating group) is 1. The highest BCUT2D eigenvalue weighted by molar-refractivity contribution is 6.31. The molecule has 14 heteroatoms. The van der Waals surface area contributed by atoms with Crippen molar-refractivity contribution in [3.05, 3.63) is 100 Å². The fourth-order valence-electron chi connectivity index (χ4n) is 6.02. The van der Waals surface area contributed by atoms with E-state index in [9.17, 15) is 19.5 Å². The smallest absolute Gasteiger partial charge is 0.335 e. The maximum atomic E-state index is 15.2. The lowest BCUT2D eigenvalue weighted by Crippen LogP contribution is -2.45. The Morgan fingerprint density at radius 1 is 1.07 bits per heavy atom. The van der Waals surface area contributed by atoms with Gasteiger partial charge in [-0.25, -0.2) is 9.18 Å². The number of carbonyl (C=O) groups is 3. The Hall–Kier alpha value is -5.14. The van der Waals surface area contributed by atoms with E-state index in [-0.39, 0.29) is 28.4 Å². The van der Waals surface area contributed by atoms with Gasteiger partial charge in [0, 0.05) is 48.7 Å². The quantitative estimate of drug-likeness (QED) is 0.244. The van der Waals surface area contributed by atoms with Crippen molar-refractivity contribution in [2.24, 2.45) is 0 Å². The first-order chi connectivity index (χ1) is 22.2. The Balaban J connectivity index is 1.35. The van der Waals surface area contributed by atoms with Gasteiger partial charge in [-0.05, 0) is 90.0 Å². The molecule has 2 aliphatic heterocycles. The van der Waals surface area contributed by atoms with E-state index in [1.807, 2.05) is 25.2 Å². The highest BCUT2D eigenvalue weighted by atomic mass is 35.5. The Labute approximate surface area is 268 Å². The largest absolute Gasteiger partial charge is 0.478 e. The van der Waals surface area contributed by atoms with Crippen molar-refractivity contribution in [1.82, 2.24) is 30.4 Å². The molecule has 3 N–H and O–H groups in total. The number of anilines is 2. The summed E-state index contributed by atoms with van der Waals surface area (Å²) in [7, 11) is 1.94. The topological polar surface area (TPSA) is 146 Å². The number of carboxylic acid groups (broad SMARTS) is 1. The van der Waals surface area contributed by atoms with E-state index in [1.54, 1.807) is 0 Å². The minimum Gasteiger partial charge on any atom is -0.478 e. The number of hydrogen-bond acceptors (Lipinski definition) is 8. The van der Waals surface area contributed by atoms with E-state index in [1.165, 1.54) is 64.5 Å². The van der Waals surface area contributed by atoms with Crippen LogP contribution in [-0.4, -0.2) is 80.7 Å². The number of hydrogen-bond donors (Lipinski definition) is 3. The first kappa shape index (κ1) is 30.9. The fraction of sp³-hybridized carbons (Fsp3) is 0.250. The molecule has 46 heavy (non-hydrogen) atoms. The maximum Gasteiger partial charge on any atom is 0.335 e. The molecule has 1 fully saturated rings. The molecular formula is C32H30ClFN8O4. The summed E-state index contributed by atoms with van der Waals surface area (Å²) in [4.78, 5) is 42.9. The third-order valence-electron chi connectivity index (χ3n) is 8.36. The number of amides is 2. The van der Waals surface area contributed by atoms with Crippen molar-refractivity contribution in [3.63, 3.8) is 0 Å². The van der Waals surface area contributed by atoms with E-state index in [0.717, 1.165) is 30.8 Å². The molecule has 1 saturated heterocycles. The van der Waals surface area contributed by atoms with Crippen LogP contribution in [-0.2, 0) is 16.0 Å². The van der Waals surface area contributed by atoms with E-state index < -0.39 is 29.6 Å². The van der Waals surface area contributed by atoms with Crippen molar-refractivity contribution in [3.8, 4) is 5.69 Å². The first-order valence-corrected chi connectivity index (χ1v) is 15.0. The second-order valence-corrected chi connectivity index (χ2v) is 11.4. The third-order valence-corrected chi connectivity index (χ3v) is 8.65. The van der Waals surface area contributed by atoms with Crippen LogP contribution in [0.1, 0.15) is 39.5 Å². The average Bonchev–Trinajstić information content (AvgIpc) is 3.78. The van der Waals surface area contributed by atoms with Gasteiger partial charge in [-0.2, -0.15) is 4.68 Å². The van der Waals surface area contributed by atoms with Gasteiger partial charge in [-0.1, -0.05) is 23.7 Å². The van der Waals surface area contributed by atoms with Crippen LogP contribution in [0.5, 0.6) is 0 Å². The van der Waals surface area contributed by atoms with Gasteiger partial charge in [0.2, 0.25) is 5.91 Å². The van der Waals surface area contributed by atoms with Gasteiger partial charge in [0.05, 0.1) is 16.3 Å². The number of tetrazole rings is 1. The first-order valence-electron chi connectivity index (χ1n) is 14.6. The van der Waals surface area contributed by atoms with Gasteiger partial charge in [0.25, 0.3) is 5.91 Å². The predicted molar refractivity (Wildman–Crippen MR) is 169 cm³/mol. The molecule has 2 aliphatic rings. The Kier molecular flexibility index (Phi) is 8.77. The third kappa shape index (κ3) is 6.06. The SMILES string of the molecule is CNC1CCN(c2cccc3c2CCN(C(=O)C=Cc2c(-n4cnnn4)ccc(Cl)c2F)C3C(=O)Nc2ccc(C(=O)O)cc2)C1. The molecule has 236 valence electrons. The number of nitrogens with one attached hydrogen (secondary N) is 2. The van der Waals surface area contributed by atoms with Crippen LogP contribution in [0.15, 0.2) is 67.0 Å². The Morgan fingerprint density at radius 3 is 2.57 bits per heavy atom. The van der Waals surface area contributed by atoms with E-state index in [2.05, 4.69) is 31.1 Å². The summed E-state index contributed by atoms with van der Waals surface area (Å²) >= 11 is 6.06. The molecule has 2 amide bonds. The summed E-state index contributed by atoms with van der Waals surface area (Å²) in [5.41, 5.74) is 3.41. The molecular weight excluding hydrogens is 615 g/mol. The standard InChI is InChI=1S/C32H30ClFN8O4/c1-35-21-13-15-40(17-21)26-4-2-3-23-22(26)14-16-41(30(23)31(44)37-20-7-5-19(6-8-20)32(45)46)28(43)12-9-24-27(42-18-36-38-39-42)11-10-25(33)29(24)34/h2-12,18,21,30,35H,13-17H2,1H3,(H,37,44)(H,45,46). The summed E-state index contributed by atoms with van der Waals surface area (Å²) < 4.78 is 16.5. The van der Waals surface area contributed by atoms with Gasteiger partial charge in [0.1, 0.15) is 12.4 Å². The minimum absolute atomic E-state index is 0.000453. The molecule has 0 aliphatic carbocycles. The fourth-order valence-corrected chi connectivity index (χ4v) is 6.19. The summed E-state index contributed by atoms with van der Waals surface area (Å²) in [6.07, 6.45) is 5.29. The van der Waals surface area contributed by atoms with Gasteiger partial charge in [-0.3, -0.25) is 9.59 Å². The Bertz CT molecular complexity index is 1820. The predicted octanol–water partition coefficient (Wildman–Crippen LogP) is 3.73. The van der Waals surface area contributed by atoms with Crippen LogP contribution >= 0.6 is 11.6 Å². The van der Waals surface area contributed by atoms with Crippen LogP contribution in [0.2, 0.25) is 5.02 Å². The zero-order chi connectivity index (χ0) is 32.4. The van der Waals surface area contributed by atoms with E-state index in [4.69, 9.17) is 11.6 Å². The van der Waals surface area contributed by atoms with Crippen molar-refractivity contribution in [2.75, 3.05) is 36.9 Å². The molecule has 4 aromatic rings. The number of halogens is 2. The molecule has 6 rings (SSSR count). The lowest BCUT2D eigenvalue weighted by Gasteiger charge is -2.38. The lowest BCUT2D eigenvalue weighted by molar-refractivity contribution is -0.135. The average molecular weight is 645 g/mol. The van der Waals surface area contributed by atoms with Crippen LogP contribution in [0.4, 0.5) is 15.8 Å². The highest BCUT2D eigenvalue weighted by Crippen LogP contribution is 2.38. The summed E-state index contributed by atoms with van der Waals surface area (Å²) in [5, 5.41) is 26.3. The number of fused-ring (bicyclic) bond motifs is 1. The number of carboxylic acids is 1. The number of nitrogens with zero attached hydrogens (tertiary/aromatic N) is 6. The molecule has 3 heterocycles. The van der Waals surface area contributed by atoms with Crippen molar-refractivity contribution >= 4 is 46.8 Å². The van der Waals surface area contributed by atoms with Crippen LogP contribution < -0.4 is 15.5 Å². The zero-order valence-corrected chi connectivity index (χ0v) is 25.5. The number of aromatic nitrogens is 4. The molecule has 12 nitrogen and oxygen atoms in total. The molecule has 3 aromatic carbocycles. The van der Waals surface area contributed by atoms with Crippen LogP contribution in [0.3, 0.4) is 0 Å². The van der Waals surface area contributed by atoms with Gasteiger partial charge < -0.3 is 25.5 Å². The van der Waals surface area contributed by atoms with Crippen molar-refractivity contribution in [1.29, 1.82) is 0 Å². The van der Waals surface area contributed by atoms with E-state index >= 15 is 4.39 Å². The van der Waals surface area contributed by atoms with Crippen LogP contribution in [0.25, 0.3) is 11.8 Å². The zero-order valence-electron chi connectivity index (χ0n) is 24.7. The second-order valence-electron chi connectivity index (χ2n) is 11.0. The van der Waals surface area contributed by atoms with Crippen molar-refractivity contribution in [2.45, 2.75) is 24.9 Å². The monoisotopic (exact) mass is 644 g/mol.